The van der Waals surface area contributed by atoms with Gasteiger partial charge in [0.05, 0.1) is 0 Å². The van der Waals surface area contributed by atoms with Crippen LogP contribution in [-0.4, -0.2) is 48.3 Å². The first-order chi connectivity index (χ1) is 13.1. The molecule has 0 bridgehead atoms. The Hall–Kier alpha value is -2.04. The molecule has 0 spiro atoms. The van der Waals surface area contributed by atoms with Crippen LogP contribution in [0.3, 0.4) is 0 Å². The number of likely N-dealkylation sites (tertiary alicyclic amines) is 2. The van der Waals surface area contributed by atoms with Gasteiger partial charge in [-0.2, -0.15) is 0 Å². The van der Waals surface area contributed by atoms with E-state index in [2.05, 4.69) is 53.3 Å². The second-order valence-electron chi connectivity index (χ2n) is 8.32. The monoisotopic (exact) mass is 370 g/mol. The van der Waals surface area contributed by atoms with E-state index < -0.39 is 0 Å². The molecule has 1 unspecified atom stereocenters. The number of guanidine groups is 1. The van der Waals surface area contributed by atoms with E-state index in [9.17, 15) is 4.79 Å². The van der Waals surface area contributed by atoms with Crippen molar-refractivity contribution in [3.05, 3.63) is 35.4 Å². The molecule has 0 radical (unpaired) electrons. The van der Waals surface area contributed by atoms with Crippen LogP contribution >= 0.6 is 0 Å². The number of hydrogen-bond acceptors (Lipinski definition) is 2. The lowest BCUT2D eigenvalue weighted by Gasteiger charge is -2.23. The summed E-state index contributed by atoms with van der Waals surface area (Å²) < 4.78 is 0. The molecule has 3 rings (SSSR count). The van der Waals surface area contributed by atoms with Gasteiger partial charge in [-0.3, -0.25) is 9.79 Å². The molecule has 1 aromatic carbocycles. The first-order valence-electron chi connectivity index (χ1n) is 10.4. The highest BCUT2D eigenvalue weighted by Gasteiger charge is 2.25. The number of aliphatic imine (C=N–C) groups is 1. The molecule has 5 heteroatoms. The van der Waals surface area contributed by atoms with E-state index in [1.807, 2.05) is 11.9 Å². The smallest absolute Gasteiger partial charge is 0.222 e. The van der Waals surface area contributed by atoms with E-state index in [-0.39, 0.29) is 5.91 Å². The highest BCUT2D eigenvalue weighted by molar-refractivity contribution is 5.80. The molecule has 27 heavy (non-hydrogen) atoms. The number of benzene rings is 1. The van der Waals surface area contributed by atoms with Gasteiger partial charge in [-0.1, -0.05) is 38.1 Å². The van der Waals surface area contributed by atoms with Gasteiger partial charge >= 0.3 is 0 Å². The van der Waals surface area contributed by atoms with Crippen LogP contribution in [0.1, 0.15) is 50.7 Å². The van der Waals surface area contributed by atoms with Crippen molar-refractivity contribution < 1.29 is 4.79 Å². The number of rotatable bonds is 6. The molecule has 0 aromatic heterocycles. The summed E-state index contributed by atoms with van der Waals surface area (Å²) in [4.78, 5) is 20.8. The van der Waals surface area contributed by atoms with E-state index in [1.165, 1.54) is 24.0 Å². The van der Waals surface area contributed by atoms with Crippen LogP contribution in [0.25, 0.3) is 0 Å². The summed E-state index contributed by atoms with van der Waals surface area (Å²) in [5, 5.41) is 3.55. The third-order valence-electron chi connectivity index (χ3n) is 5.69. The molecule has 1 amide bonds. The van der Waals surface area contributed by atoms with Gasteiger partial charge in [-0.25, -0.2) is 0 Å². The van der Waals surface area contributed by atoms with E-state index in [4.69, 9.17) is 0 Å². The molecule has 0 aliphatic carbocycles. The number of carbonyl (C=O) groups excluding carboxylic acids is 1. The summed E-state index contributed by atoms with van der Waals surface area (Å²) >= 11 is 0. The lowest BCUT2D eigenvalue weighted by molar-refractivity contribution is -0.128. The molecule has 0 saturated carbocycles. The zero-order chi connectivity index (χ0) is 19.2. The Bertz CT molecular complexity index is 670. The lowest BCUT2D eigenvalue weighted by Crippen LogP contribution is -2.40. The molecule has 5 nitrogen and oxygen atoms in total. The second-order valence-corrected chi connectivity index (χ2v) is 8.32. The second kappa shape index (κ2) is 9.25. The molecule has 2 aliphatic heterocycles. The molecule has 1 aromatic rings. The van der Waals surface area contributed by atoms with Gasteiger partial charge in [0.1, 0.15) is 0 Å². The summed E-state index contributed by atoms with van der Waals surface area (Å²) in [7, 11) is 1.87. The fraction of sp³-hybridized carbons (Fsp3) is 0.636. The maximum Gasteiger partial charge on any atom is 0.222 e. The Balaban J connectivity index is 1.58. The molecule has 148 valence electrons. The summed E-state index contributed by atoms with van der Waals surface area (Å²) in [6, 6.07) is 8.43. The van der Waals surface area contributed by atoms with Crippen molar-refractivity contribution in [1.29, 1.82) is 0 Å². The summed E-state index contributed by atoms with van der Waals surface area (Å²) in [6.45, 7) is 9.14. The van der Waals surface area contributed by atoms with Gasteiger partial charge in [0.2, 0.25) is 5.91 Å². The Morgan fingerprint density at radius 2 is 2.04 bits per heavy atom. The molecular weight excluding hydrogens is 336 g/mol. The molecule has 2 saturated heterocycles. The van der Waals surface area contributed by atoms with Crippen molar-refractivity contribution in [3.8, 4) is 0 Å². The Morgan fingerprint density at radius 3 is 2.70 bits per heavy atom. The average Bonchev–Trinajstić information content (AvgIpc) is 3.26. The number of amides is 1. The summed E-state index contributed by atoms with van der Waals surface area (Å²) in [6.07, 6.45) is 4.23. The minimum absolute atomic E-state index is 0.279. The van der Waals surface area contributed by atoms with Gasteiger partial charge in [-0.15, -0.1) is 0 Å². The summed E-state index contributed by atoms with van der Waals surface area (Å²) in [5.41, 5.74) is 2.48. The van der Waals surface area contributed by atoms with Crippen molar-refractivity contribution in [3.63, 3.8) is 0 Å². The van der Waals surface area contributed by atoms with Gasteiger partial charge in [0, 0.05) is 46.2 Å². The van der Waals surface area contributed by atoms with Gasteiger partial charge in [0.15, 0.2) is 5.96 Å². The first-order valence-corrected chi connectivity index (χ1v) is 10.4. The Kier molecular flexibility index (Phi) is 6.75. The predicted molar refractivity (Wildman–Crippen MR) is 110 cm³/mol. The number of hydrogen-bond donors (Lipinski definition) is 1. The van der Waals surface area contributed by atoms with Gasteiger partial charge in [0.25, 0.3) is 0 Å². The minimum Gasteiger partial charge on any atom is -0.352 e. The normalized spacial score (nSPS) is 20.8. The van der Waals surface area contributed by atoms with E-state index >= 15 is 0 Å². The molecule has 2 aliphatic rings. The van der Waals surface area contributed by atoms with Crippen LogP contribution in [-0.2, 0) is 17.9 Å². The topological polar surface area (TPSA) is 47.9 Å². The Morgan fingerprint density at radius 1 is 1.26 bits per heavy atom. The molecule has 1 N–H and O–H groups in total. The van der Waals surface area contributed by atoms with Crippen LogP contribution in [0.5, 0.6) is 0 Å². The molecular formula is C22H34N4O. The van der Waals surface area contributed by atoms with Crippen LogP contribution in [0.2, 0.25) is 0 Å². The van der Waals surface area contributed by atoms with Gasteiger partial charge in [-0.05, 0) is 42.2 Å². The standard InChI is InChI=1S/C22H34N4O/c1-17(2)13-18-10-12-26(15-18)22(23-3)24-14-19-7-4-5-8-20(19)16-25-11-6-9-21(25)27/h4-5,7-8,17-18H,6,9-16H2,1-3H3,(H,23,24). The maximum absolute atomic E-state index is 12.0. The van der Waals surface area contributed by atoms with E-state index in [0.29, 0.717) is 6.42 Å². The highest BCUT2D eigenvalue weighted by atomic mass is 16.2. The molecule has 1 atom stereocenters. The van der Waals surface area contributed by atoms with Crippen LogP contribution < -0.4 is 5.32 Å². The quantitative estimate of drug-likeness (QED) is 0.618. The zero-order valence-corrected chi connectivity index (χ0v) is 17.1. The largest absolute Gasteiger partial charge is 0.352 e. The maximum atomic E-state index is 12.0. The lowest BCUT2D eigenvalue weighted by atomic mass is 9.97. The van der Waals surface area contributed by atoms with Crippen molar-refractivity contribution in [2.75, 3.05) is 26.7 Å². The van der Waals surface area contributed by atoms with Crippen LogP contribution in [0, 0.1) is 11.8 Å². The molecule has 2 heterocycles. The number of carbonyl (C=O) groups is 1. The van der Waals surface area contributed by atoms with Gasteiger partial charge < -0.3 is 15.1 Å². The number of nitrogens with one attached hydrogen (secondary N) is 1. The highest BCUT2D eigenvalue weighted by Crippen LogP contribution is 2.23. The third-order valence-corrected chi connectivity index (χ3v) is 5.69. The minimum atomic E-state index is 0.279. The average molecular weight is 371 g/mol. The zero-order valence-electron chi connectivity index (χ0n) is 17.1. The Labute approximate surface area is 163 Å². The fourth-order valence-electron chi connectivity index (χ4n) is 4.35. The van der Waals surface area contributed by atoms with Crippen molar-refractivity contribution >= 4 is 11.9 Å². The van der Waals surface area contributed by atoms with E-state index in [1.54, 1.807) is 0 Å². The first kappa shape index (κ1) is 19.7. The predicted octanol–water partition coefficient (Wildman–Crippen LogP) is 3.25. The van der Waals surface area contributed by atoms with Crippen molar-refractivity contribution in [2.24, 2.45) is 16.8 Å². The fourth-order valence-corrected chi connectivity index (χ4v) is 4.35. The third kappa shape index (κ3) is 5.24. The van der Waals surface area contributed by atoms with Crippen LogP contribution in [0.15, 0.2) is 29.3 Å². The van der Waals surface area contributed by atoms with Crippen molar-refractivity contribution in [2.45, 2.75) is 52.6 Å². The SMILES string of the molecule is CN=C(NCc1ccccc1CN1CCCC1=O)N1CCC(CC(C)C)C1. The van der Waals surface area contributed by atoms with Crippen LogP contribution in [0.4, 0.5) is 0 Å². The summed E-state index contributed by atoms with van der Waals surface area (Å²) in [5.74, 6) is 2.80. The van der Waals surface area contributed by atoms with Crippen molar-refractivity contribution in [1.82, 2.24) is 15.1 Å². The number of nitrogens with zero attached hydrogens (tertiary/aromatic N) is 3. The molecule has 2 fully saturated rings. The van der Waals surface area contributed by atoms with E-state index in [0.717, 1.165) is 56.9 Å².